The zero-order valence-electron chi connectivity index (χ0n) is 16.4. The number of amides is 1. The molecule has 0 aliphatic heterocycles. The zero-order chi connectivity index (χ0) is 21.1. The standard InChI is InChI=1S/C22H20FN5O2/c1-15-6-8-16(9-7-15)21(29)24-10-11-28-20-18(12-26-28)22(30)27(14-25-20)13-17-4-2-3-5-19(17)23/h2-9,12,14H,10-11,13H2,1H3,(H,24,29). The lowest BCUT2D eigenvalue weighted by Crippen LogP contribution is -2.27. The number of halogens is 1. The largest absolute Gasteiger partial charge is 0.350 e. The summed E-state index contributed by atoms with van der Waals surface area (Å²) in [6.45, 7) is 2.75. The van der Waals surface area contributed by atoms with Gasteiger partial charge in [-0.1, -0.05) is 35.9 Å². The summed E-state index contributed by atoms with van der Waals surface area (Å²) < 4.78 is 16.8. The van der Waals surface area contributed by atoms with Crippen LogP contribution in [0.4, 0.5) is 4.39 Å². The highest BCUT2D eigenvalue weighted by Gasteiger charge is 2.12. The molecule has 0 bridgehead atoms. The Kier molecular flexibility index (Phi) is 5.38. The summed E-state index contributed by atoms with van der Waals surface area (Å²) in [6.07, 6.45) is 2.84. The Morgan fingerprint density at radius 1 is 1.13 bits per heavy atom. The van der Waals surface area contributed by atoms with Crippen LogP contribution in [0.1, 0.15) is 21.5 Å². The maximum atomic E-state index is 13.9. The van der Waals surface area contributed by atoms with Gasteiger partial charge in [-0.25, -0.2) is 14.1 Å². The molecule has 0 fully saturated rings. The molecule has 2 aromatic carbocycles. The van der Waals surface area contributed by atoms with Gasteiger partial charge in [-0.3, -0.25) is 14.2 Å². The van der Waals surface area contributed by atoms with Crippen molar-refractivity contribution >= 4 is 16.9 Å². The van der Waals surface area contributed by atoms with Crippen molar-refractivity contribution in [2.24, 2.45) is 0 Å². The number of benzene rings is 2. The first-order chi connectivity index (χ1) is 14.5. The van der Waals surface area contributed by atoms with Crippen molar-refractivity contribution in [1.29, 1.82) is 0 Å². The average molecular weight is 405 g/mol. The fourth-order valence-electron chi connectivity index (χ4n) is 3.17. The predicted octanol–water partition coefficient (Wildman–Crippen LogP) is 2.52. The van der Waals surface area contributed by atoms with E-state index in [1.54, 1.807) is 35.0 Å². The minimum atomic E-state index is -0.371. The lowest BCUT2D eigenvalue weighted by molar-refractivity contribution is 0.0952. The van der Waals surface area contributed by atoms with E-state index in [9.17, 15) is 14.0 Å². The molecule has 1 amide bonds. The molecule has 2 heterocycles. The molecule has 0 spiro atoms. The fraction of sp³-hybridized carbons (Fsp3) is 0.182. The molecule has 4 rings (SSSR count). The van der Waals surface area contributed by atoms with Gasteiger partial charge in [-0.15, -0.1) is 0 Å². The number of aromatic nitrogens is 4. The van der Waals surface area contributed by atoms with Crippen molar-refractivity contribution in [3.05, 3.63) is 93.9 Å². The summed E-state index contributed by atoms with van der Waals surface area (Å²) >= 11 is 0. The Bertz CT molecular complexity index is 1260. The van der Waals surface area contributed by atoms with Gasteiger partial charge in [0.15, 0.2) is 5.65 Å². The molecule has 152 valence electrons. The summed E-state index contributed by atoms with van der Waals surface area (Å²) in [6, 6.07) is 13.6. The number of hydrogen-bond acceptors (Lipinski definition) is 4. The van der Waals surface area contributed by atoms with E-state index in [2.05, 4.69) is 15.4 Å². The number of aryl methyl sites for hydroxylation is 1. The van der Waals surface area contributed by atoms with Crippen LogP contribution in [0.25, 0.3) is 11.0 Å². The van der Waals surface area contributed by atoms with E-state index in [-0.39, 0.29) is 23.8 Å². The third kappa shape index (κ3) is 3.98. The quantitative estimate of drug-likeness (QED) is 0.534. The van der Waals surface area contributed by atoms with E-state index >= 15 is 0 Å². The summed E-state index contributed by atoms with van der Waals surface area (Å²) in [5.74, 6) is -0.545. The van der Waals surface area contributed by atoms with E-state index < -0.39 is 0 Å². The first kappa shape index (κ1) is 19.5. The SMILES string of the molecule is Cc1ccc(C(=O)NCCn2ncc3c(=O)n(Cc4ccccc4F)cnc32)cc1. The smallest absolute Gasteiger partial charge is 0.264 e. The minimum Gasteiger partial charge on any atom is -0.350 e. The van der Waals surface area contributed by atoms with Crippen molar-refractivity contribution in [1.82, 2.24) is 24.6 Å². The minimum absolute atomic E-state index is 0.0895. The van der Waals surface area contributed by atoms with Crippen LogP contribution in [-0.4, -0.2) is 31.8 Å². The van der Waals surface area contributed by atoms with Gasteiger partial charge in [0, 0.05) is 17.7 Å². The van der Waals surface area contributed by atoms with Crippen molar-refractivity contribution in [3.63, 3.8) is 0 Å². The van der Waals surface area contributed by atoms with Crippen molar-refractivity contribution < 1.29 is 9.18 Å². The molecule has 0 saturated carbocycles. The maximum absolute atomic E-state index is 13.9. The summed E-state index contributed by atoms with van der Waals surface area (Å²) in [5.41, 5.74) is 2.21. The molecule has 8 heteroatoms. The summed E-state index contributed by atoms with van der Waals surface area (Å²) in [7, 11) is 0. The maximum Gasteiger partial charge on any atom is 0.264 e. The number of carbonyl (C=O) groups is 1. The second kappa shape index (κ2) is 8.28. The van der Waals surface area contributed by atoms with Gasteiger partial charge in [0.1, 0.15) is 17.5 Å². The lowest BCUT2D eigenvalue weighted by atomic mass is 10.1. The van der Waals surface area contributed by atoms with Crippen LogP contribution in [0.3, 0.4) is 0 Å². The van der Waals surface area contributed by atoms with Crippen LogP contribution in [0.15, 0.2) is 65.8 Å². The van der Waals surface area contributed by atoms with E-state index in [0.29, 0.717) is 35.2 Å². The molecule has 0 saturated heterocycles. The molecule has 1 N–H and O–H groups in total. The number of nitrogens with one attached hydrogen (secondary N) is 1. The second-order valence-electron chi connectivity index (χ2n) is 7.00. The van der Waals surface area contributed by atoms with E-state index in [1.807, 2.05) is 19.1 Å². The van der Waals surface area contributed by atoms with Crippen molar-refractivity contribution in [3.8, 4) is 0 Å². The first-order valence-corrected chi connectivity index (χ1v) is 9.52. The Morgan fingerprint density at radius 2 is 1.90 bits per heavy atom. The fourth-order valence-corrected chi connectivity index (χ4v) is 3.17. The van der Waals surface area contributed by atoms with Gasteiger partial charge >= 0.3 is 0 Å². The van der Waals surface area contributed by atoms with Crippen LogP contribution in [-0.2, 0) is 13.1 Å². The number of hydrogen-bond donors (Lipinski definition) is 1. The lowest BCUT2D eigenvalue weighted by Gasteiger charge is -2.08. The molecular weight excluding hydrogens is 385 g/mol. The molecule has 0 aliphatic carbocycles. The molecule has 0 radical (unpaired) electrons. The number of fused-ring (bicyclic) bond motifs is 1. The molecule has 7 nitrogen and oxygen atoms in total. The summed E-state index contributed by atoms with van der Waals surface area (Å²) in [4.78, 5) is 29.3. The van der Waals surface area contributed by atoms with E-state index in [1.165, 1.54) is 23.2 Å². The van der Waals surface area contributed by atoms with Crippen LogP contribution in [0.5, 0.6) is 0 Å². The van der Waals surface area contributed by atoms with Gasteiger partial charge in [0.25, 0.3) is 11.5 Å². The molecule has 4 aromatic rings. The van der Waals surface area contributed by atoms with Crippen LogP contribution in [0.2, 0.25) is 0 Å². The van der Waals surface area contributed by atoms with Crippen LogP contribution >= 0.6 is 0 Å². The highest BCUT2D eigenvalue weighted by atomic mass is 19.1. The Labute approximate surface area is 171 Å². The van der Waals surface area contributed by atoms with Crippen LogP contribution in [0, 0.1) is 12.7 Å². The van der Waals surface area contributed by atoms with Gasteiger partial charge in [-0.2, -0.15) is 5.10 Å². The van der Waals surface area contributed by atoms with Gasteiger partial charge in [0.05, 0.1) is 19.3 Å². The van der Waals surface area contributed by atoms with Crippen LogP contribution < -0.4 is 10.9 Å². The van der Waals surface area contributed by atoms with Gasteiger partial charge < -0.3 is 5.32 Å². The third-order valence-corrected chi connectivity index (χ3v) is 4.84. The normalized spacial score (nSPS) is 11.0. The Hall–Kier alpha value is -3.81. The second-order valence-corrected chi connectivity index (χ2v) is 7.00. The molecule has 0 atom stereocenters. The highest BCUT2D eigenvalue weighted by Crippen LogP contribution is 2.10. The van der Waals surface area contributed by atoms with Crippen molar-refractivity contribution in [2.75, 3.05) is 6.54 Å². The predicted molar refractivity (Wildman–Crippen MR) is 111 cm³/mol. The molecule has 30 heavy (non-hydrogen) atoms. The Morgan fingerprint density at radius 3 is 2.67 bits per heavy atom. The monoisotopic (exact) mass is 405 g/mol. The van der Waals surface area contributed by atoms with E-state index in [0.717, 1.165) is 5.56 Å². The first-order valence-electron chi connectivity index (χ1n) is 9.52. The number of nitrogens with zero attached hydrogens (tertiary/aromatic N) is 4. The molecule has 2 aromatic heterocycles. The van der Waals surface area contributed by atoms with E-state index in [4.69, 9.17) is 0 Å². The van der Waals surface area contributed by atoms with Gasteiger partial charge in [0.2, 0.25) is 0 Å². The molecular formula is C22H20FN5O2. The van der Waals surface area contributed by atoms with Gasteiger partial charge in [-0.05, 0) is 25.1 Å². The number of carbonyl (C=O) groups excluding carboxylic acids is 1. The Balaban J connectivity index is 1.46. The summed E-state index contributed by atoms with van der Waals surface area (Å²) in [5, 5.41) is 7.40. The topological polar surface area (TPSA) is 81.8 Å². The average Bonchev–Trinajstić information content (AvgIpc) is 3.16. The zero-order valence-corrected chi connectivity index (χ0v) is 16.4. The molecule has 0 aliphatic rings. The highest BCUT2D eigenvalue weighted by molar-refractivity contribution is 5.94. The molecule has 0 unspecified atom stereocenters. The third-order valence-electron chi connectivity index (χ3n) is 4.84. The number of rotatable bonds is 6. The van der Waals surface area contributed by atoms with Crippen molar-refractivity contribution in [2.45, 2.75) is 20.0 Å².